The monoisotopic (exact) mass is 835 g/mol. The number of anilines is 2. The van der Waals surface area contributed by atoms with Gasteiger partial charge in [0.1, 0.15) is 23.2 Å². The summed E-state index contributed by atoms with van der Waals surface area (Å²) >= 11 is 0. The van der Waals surface area contributed by atoms with Crippen LogP contribution in [0, 0.1) is 13.8 Å². The van der Waals surface area contributed by atoms with Crippen molar-refractivity contribution in [3.8, 4) is 17.1 Å². The summed E-state index contributed by atoms with van der Waals surface area (Å²) in [5.74, 6) is 0.108. The van der Waals surface area contributed by atoms with Crippen LogP contribution < -0.4 is 32.6 Å². The quantitative estimate of drug-likeness (QED) is 0.0805. The summed E-state index contributed by atoms with van der Waals surface area (Å²) in [6, 6.07) is 26.8. The summed E-state index contributed by atoms with van der Waals surface area (Å²) in [4.78, 5) is 66.6. The van der Waals surface area contributed by atoms with Crippen LogP contribution in [0.15, 0.2) is 97.2 Å². The number of ether oxygens (including phenoxy) is 1. The number of rotatable bonds is 15. The average Bonchev–Trinajstić information content (AvgIpc) is 4.21. The van der Waals surface area contributed by atoms with Crippen LogP contribution >= 0.6 is 0 Å². The number of primary amides is 1. The standard InChI is InChI=1S/C24H26N4O2.C23H23N5O4/c1-3-7-20-27-21(22(29)16-8-5-4-6-9-16)23(25)28(20)19-14-17(11-10-15(19)2)24(30)26-18-12-13-18;1-13-5-6-15(23(31)27-16-7-8-16)10-19(13)28-22(25)18(11-26-28)21(30)14-3-2-4-17(9-14)32-12-20(24)29/h4-6,8-11,14,18H,3,7,12-13,25H2,1-2H3,(H,26,30);2-6,9-11,16H,7-8,12,25H2,1H3,(H2,24,29)(H,27,31). The van der Waals surface area contributed by atoms with Gasteiger partial charge in [-0.15, -0.1) is 0 Å². The van der Waals surface area contributed by atoms with E-state index in [9.17, 15) is 24.0 Å². The Morgan fingerprint density at radius 3 is 1.90 bits per heavy atom. The van der Waals surface area contributed by atoms with Gasteiger partial charge in [-0.2, -0.15) is 5.10 Å². The Hall–Kier alpha value is -7.55. The van der Waals surface area contributed by atoms with Crippen molar-refractivity contribution in [2.75, 3.05) is 18.1 Å². The number of hydrogen-bond acceptors (Lipinski definition) is 10. The fraction of sp³-hybridized carbons (Fsp3) is 0.255. The highest BCUT2D eigenvalue weighted by atomic mass is 16.5. The number of amides is 3. The van der Waals surface area contributed by atoms with Gasteiger partial charge in [0, 0.05) is 40.8 Å². The molecule has 2 aliphatic carbocycles. The number of aromatic nitrogens is 4. The van der Waals surface area contributed by atoms with Gasteiger partial charge in [-0.25, -0.2) is 9.67 Å². The van der Waals surface area contributed by atoms with E-state index in [0.717, 1.165) is 54.7 Å². The number of ketones is 2. The number of carbonyl (C=O) groups is 5. The first-order chi connectivity index (χ1) is 29.8. The third-order valence-electron chi connectivity index (χ3n) is 10.5. The predicted molar refractivity (Wildman–Crippen MR) is 235 cm³/mol. The molecule has 6 aromatic rings. The van der Waals surface area contributed by atoms with Gasteiger partial charge in [0.2, 0.25) is 5.78 Å². The minimum atomic E-state index is -0.615. The fourth-order valence-electron chi connectivity index (χ4n) is 6.76. The molecule has 3 amide bonds. The molecule has 8 rings (SSSR count). The van der Waals surface area contributed by atoms with E-state index in [1.54, 1.807) is 42.5 Å². The van der Waals surface area contributed by atoms with E-state index in [1.165, 1.54) is 16.9 Å². The molecule has 2 fully saturated rings. The molecule has 0 radical (unpaired) electrons. The van der Waals surface area contributed by atoms with E-state index in [4.69, 9.17) is 21.9 Å². The van der Waals surface area contributed by atoms with Crippen molar-refractivity contribution in [3.63, 3.8) is 0 Å². The van der Waals surface area contributed by atoms with Gasteiger partial charge in [0.25, 0.3) is 17.7 Å². The molecule has 0 spiro atoms. The van der Waals surface area contributed by atoms with E-state index in [2.05, 4.69) is 27.6 Å². The van der Waals surface area contributed by atoms with Crippen LogP contribution in [0.25, 0.3) is 11.4 Å². The highest BCUT2D eigenvalue weighted by molar-refractivity contribution is 6.12. The molecule has 15 nitrogen and oxygen atoms in total. The summed E-state index contributed by atoms with van der Waals surface area (Å²) in [6.45, 7) is 5.60. The van der Waals surface area contributed by atoms with Crippen molar-refractivity contribution in [2.24, 2.45) is 5.73 Å². The van der Waals surface area contributed by atoms with Gasteiger partial charge in [0.05, 0.1) is 23.1 Å². The number of nitrogen functional groups attached to an aromatic ring is 2. The van der Waals surface area contributed by atoms with Crippen LogP contribution in [-0.4, -0.2) is 67.3 Å². The molecule has 0 aliphatic heterocycles. The molecule has 8 N–H and O–H groups in total. The maximum atomic E-state index is 13.0. The van der Waals surface area contributed by atoms with Crippen molar-refractivity contribution in [3.05, 3.63) is 148 Å². The second-order valence-corrected chi connectivity index (χ2v) is 15.5. The minimum absolute atomic E-state index is 0.0879. The van der Waals surface area contributed by atoms with E-state index in [1.807, 2.05) is 60.9 Å². The molecule has 62 heavy (non-hydrogen) atoms. The Morgan fingerprint density at radius 2 is 1.31 bits per heavy atom. The lowest BCUT2D eigenvalue weighted by Gasteiger charge is -2.14. The molecule has 0 saturated heterocycles. The van der Waals surface area contributed by atoms with Gasteiger partial charge in [-0.05, 0) is 93.5 Å². The lowest BCUT2D eigenvalue weighted by molar-refractivity contribution is -0.119. The van der Waals surface area contributed by atoms with Gasteiger partial charge in [0.15, 0.2) is 18.1 Å². The number of nitrogens with zero attached hydrogens (tertiary/aromatic N) is 4. The summed E-state index contributed by atoms with van der Waals surface area (Å²) < 4.78 is 8.54. The van der Waals surface area contributed by atoms with Gasteiger partial charge >= 0.3 is 0 Å². The lowest BCUT2D eigenvalue weighted by atomic mass is 10.1. The van der Waals surface area contributed by atoms with Crippen LogP contribution in [0.2, 0.25) is 0 Å². The van der Waals surface area contributed by atoms with Crippen molar-refractivity contribution >= 4 is 40.9 Å². The zero-order valence-corrected chi connectivity index (χ0v) is 34.8. The average molecular weight is 836 g/mol. The molecule has 15 heteroatoms. The highest BCUT2D eigenvalue weighted by Gasteiger charge is 2.27. The maximum absolute atomic E-state index is 13.0. The van der Waals surface area contributed by atoms with E-state index < -0.39 is 5.91 Å². The van der Waals surface area contributed by atoms with Crippen molar-refractivity contribution in [1.82, 2.24) is 30.0 Å². The van der Waals surface area contributed by atoms with Gasteiger partial charge < -0.3 is 32.6 Å². The first-order valence-corrected chi connectivity index (χ1v) is 20.5. The van der Waals surface area contributed by atoms with Crippen LogP contribution in [0.1, 0.15) is 109 Å². The lowest BCUT2D eigenvalue weighted by Crippen LogP contribution is -2.25. The van der Waals surface area contributed by atoms with Crippen molar-refractivity contribution < 1.29 is 28.7 Å². The SMILES string of the molecule is CCCc1nc(C(=O)c2ccccc2)c(N)n1-c1cc(C(=O)NC2CC2)ccc1C.Cc1ccc(C(=O)NC2CC2)cc1-n1ncc(C(=O)c2cccc(OCC(N)=O)c2)c1N. The number of aryl methyl sites for hydroxylation is 3. The Morgan fingerprint density at radius 1 is 0.710 bits per heavy atom. The van der Waals surface area contributed by atoms with Crippen molar-refractivity contribution in [2.45, 2.75) is 71.4 Å². The van der Waals surface area contributed by atoms with Crippen LogP contribution in [0.3, 0.4) is 0 Å². The molecule has 0 unspecified atom stereocenters. The Bertz CT molecular complexity index is 2680. The molecule has 0 atom stereocenters. The number of nitrogens with two attached hydrogens (primary N) is 3. The normalized spacial score (nSPS) is 13.1. The van der Waals surface area contributed by atoms with Gasteiger partial charge in [-0.3, -0.25) is 28.5 Å². The predicted octanol–water partition coefficient (Wildman–Crippen LogP) is 5.59. The minimum Gasteiger partial charge on any atom is -0.484 e. The summed E-state index contributed by atoms with van der Waals surface area (Å²) in [5.41, 5.74) is 23.5. The topological polar surface area (TPSA) is 232 Å². The molecular formula is C47H49N9O6. The Balaban J connectivity index is 0.000000187. The third-order valence-corrected chi connectivity index (χ3v) is 10.5. The molecular weight excluding hydrogens is 787 g/mol. The summed E-state index contributed by atoms with van der Waals surface area (Å²) in [5, 5.41) is 10.3. The molecule has 2 aliphatic rings. The van der Waals surface area contributed by atoms with Crippen LogP contribution in [0.4, 0.5) is 11.6 Å². The third kappa shape index (κ3) is 9.73. The molecule has 2 aromatic heterocycles. The van der Waals surface area contributed by atoms with Crippen LogP contribution in [-0.2, 0) is 11.2 Å². The van der Waals surface area contributed by atoms with E-state index in [-0.39, 0.29) is 59.1 Å². The Kier molecular flexibility index (Phi) is 12.6. The number of nitrogens with one attached hydrogen (secondary N) is 2. The summed E-state index contributed by atoms with van der Waals surface area (Å²) in [7, 11) is 0. The zero-order chi connectivity index (χ0) is 44.1. The largest absolute Gasteiger partial charge is 0.484 e. The molecule has 0 bridgehead atoms. The molecule has 4 aromatic carbocycles. The first kappa shape index (κ1) is 42.6. The Labute approximate surface area is 358 Å². The summed E-state index contributed by atoms with van der Waals surface area (Å²) in [6.07, 6.45) is 6.98. The molecule has 2 heterocycles. The fourth-order valence-corrected chi connectivity index (χ4v) is 6.76. The number of carbonyl (C=O) groups excluding carboxylic acids is 5. The molecule has 2 saturated carbocycles. The van der Waals surface area contributed by atoms with Gasteiger partial charge in [-0.1, -0.05) is 61.5 Å². The number of imidazole rings is 1. The first-order valence-electron chi connectivity index (χ1n) is 20.5. The zero-order valence-electron chi connectivity index (χ0n) is 34.8. The van der Waals surface area contributed by atoms with E-state index >= 15 is 0 Å². The number of hydrogen-bond donors (Lipinski definition) is 5. The maximum Gasteiger partial charge on any atom is 0.255 e. The second kappa shape index (κ2) is 18.4. The molecule has 318 valence electrons. The smallest absolute Gasteiger partial charge is 0.255 e. The van der Waals surface area contributed by atoms with Crippen LogP contribution in [0.5, 0.6) is 5.75 Å². The highest BCUT2D eigenvalue weighted by Crippen LogP contribution is 2.29. The second-order valence-electron chi connectivity index (χ2n) is 15.5. The van der Waals surface area contributed by atoms with Crippen molar-refractivity contribution in [1.29, 1.82) is 0 Å². The van der Waals surface area contributed by atoms with E-state index in [0.29, 0.717) is 45.9 Å². The number of benzene rings is 4.